The minimum atomic E-state index is -0.420. The van der Waals surface area contributed by atoms with Crippen molar-refractivity contribution in [2.24, 2.45) is 0 Å². The number of aryl methyl sites for hydroxylation is 3. The van der Waals surface area contributed by atoms with Crippen LogP contribution in [0.5, 0.6) is 0 Å². The predicted molar refractivity (Wildman–Crippen MR) is 98.7 cm³/mol. The highest BCUT2D eigenvalue weighted by atomic mass is 32.1. The molecule has 1 fully saturated rings. The molecule has 0 saturated carbocycles. The normalized spacial score (nSPS) is 14.2. The van der Waals surface area contributed by atoms with Gasteiger partial charge in [0.1, 0.15) is 5.00 Å². The highest BCUT2D eigenvalue weighted by Gasteiger charge is 2.25. The molecule has 0 atom stereocenters. The topological polar surface area (TPSA) is 51.5 Å². The van der Waals surface area contributed by atoms with E-state index in [0.717, 1.165) is 52.8 Å². The number of rotatable bonds is 4. The Morgan fingerprint density at radius 3 is 2.28 bits per heavy atom. The summed E-state index contributed by atoms with van der Waals surface area (Å²) in [6, 6.07) is 4.07. The van der Waals surface area contributed by atoms with Crippen molar-refractivity contribution in [3.05, 3.63) is 39.5 Å². The summed E-state index contributed by atoms with van der Waals surface area (Å²) in [5.74, 6) is -0.526. The van der Waals surface area contributed by atoms with Gasteiger partial charge < -0.3 is 14.2 Å². The third-order valence-corrected chi connectivity index (χ3v) is 6.02. The van der Waals surface area contributed by atoms with Gasteiger partial charge in [-0.05, 0) is 58.2 Å². The van der Waals surface area contributed by atoms with Crippen LogP contribution >= 0.6 is 11.3 Å². The highest BCUT2D eigenvalue weighted by molar-refractivity contribution is 7.15. The van der Waals surface area contributed by atoms with Gasteiger partial charge in [0.25, 0.3) is 5.91 Å². The summed E-state index contributed by atoms with van der Waals surface area (Å²) in [6.07, 6.45) is 2.05. The van der Waals surface area contributed by atoms with Gasteiger partial charge in [-0.15, -0.1) is 11.3 Å². The number of hydrogen-bond donors (Lipinski definition) is 0. The van der Waals surface area contributed by atoms with E-state index in [9.17, 15) is 9.59 Å². The van der Waals surface area contributed by atoms with E-state index in [0.29, 0.717) is 5.56 Å². The molecule has 0 spiro atoms. The zero-order valence-corrected chi connectivity index (χ0v) is 16.0. The molecular formula is C19H24N2O3S. The zero-order chi connectivity index (χ0) is 18.1. The standard InChI is InChI=1S/C19H24N2O3S/c1-12-7-8-13(2)21(12)18-17(14(3)15(4)25-18)19(23)24-11-16(22)20-9-5-6-10-20/h7-8H,5-6,9-11H2,1-4H3. The Kier molecular flexibility index (Phi) is 4.99. The quantitative estimate of drug-likeness (QED) is 0.784. The van der Waals surface area contributed by atoms with Gasteiger partial charge in [-0.2, -0.15) is 0 Å². The van der Waals surface area contributed by atoms with Gasteiger partial charge in [-0.3, -0.25) is 4.79 Å². The molecule has 25 heavy (non-hydrogen) atoms. The molecule has 2 aromatic rings. The van der Waals surface area contributed by atoms with Gasteiger partial charge in [0.15, 0.2) is 6.61 Å². The lowest BCUT2D eigenvalue weighted by atomic mass is 10.1. The van der Waals surface area contributed by atoms with Crippen LogP contribution in [0.4, 0.5) is 0 Å². The molecule has 0 bridgehead atoms. The molecule has 5 nitrogen and oxygen atoms in total. The molecule has 1 amide bonds. The number of amides is 1. The average molecular weight is 360 g/mol. The first-order chi connectivity index (χ1) is 11.9. The summed E-state index contributed by atoms with van der Waals surface area (Å²) >= 11 is 1.58. The van der Waals surface area contributed by atoms with Crippen LogP contribution in [-0.4, -0.2) is 41.0 Å². The second-order valence-corrected chi connectivity index (χ2v) is 7.78. The Hall–Kier alpha value is -2.08. The average Bonchev–Trinajstić information content (AvgIpc) is 3.27. The molecule has 134 valence electrons. The van der Waals surface area contributed by atoms with Crippen molar-refractivity contribution in [3.8, 4) is 5.00 Å². The van der Waals surface area contributed by atoms with E-state index in [1.165, 1.54) is 0 Å². The largest absolute Gasteiger partial charge is 0.452 e. The molecule has 0 aromatic carbocycles. The molecule has 6 heteroatoms. The smallest absolute Gasteiger partial charge is 0.341 e. The van der Waals surface area contributed by atoms with Crippen molar-refractivity contribution >= 4 is 23.2 Å². The minimum absolute atomic E-state index is 0.106. The fraction of sp³-hybridized carbons (Fsp3) is 0.474. The number of aromatic nitrogens is 1. The summed E-state index contributed by atoms with van der Waals surface area (Å²) in [5.41, 5.74) is 3.63. The Bertz CT molecular complexity index is 793. The van der Waals surface area contributed by atoms with Gasteiger partial charge in [-0.25, -0.2) is 4.79 Å². The van der Waals surface area contributed by atoms with E-state index in [1.54, 1.807) is 16.2 Å². The van der Waals surface area contributed by atoms with Crippen LogP contribution in [0.3, 0.4) is 0 Å². The van der Waals surface area contributed by atoms with Crippen LogP contribution in [0, 0.1) is 27.7 Å². The van der Waals surface area contributed by atoms with E-state index in [2.05, 4.69) is 4.57 Å². The number of hydrogen-bond acceptors (Lipinski definition) is 4. The van der Waals surface area contributed by atoms with Crippen LogP contribution in [0.15, 0.2) is 12.1 Å². The predicted octanol–water partition coefficient (Wildman–Crippen LogP) is 3.55. The van der Waals surface area contributed by atoms with Crippen molar-refractivity contribution in [1.82, 2.24) is 9.47 Å². The van der Waals surface area contributed by atoms with Crippen LogP contribution in [-0.2, 0) is 9.53 Å². The number of likely N-dealkylation sites (tertiary alicyclic amines) is 1. The molecular weight excluding hydrogens is 336 g/mol. The number of ether oxygens (including phenoxy) is 1. The lowest BCUT2D eigenvalue weighted by molar-refractivity contribution is -0.133. The fourth-order valence-electron chi connectivity index (χ4n) is 3.25. The number of thiophene rings is 1. The SMILES string of the molecule is Cc1sc(-n2c(C)ccc2C)c(C(=O)OCC(=O)N2CCCC2)c1C. The Morgan fingerprint density at radius 1 is 1.08 bits per heavy atom. The summed E-state index contributed by atoms with van der Waals surface area (Å²) in [4.78, 5) is 27.7. The molecule has 1 saturated heterocycles. The van der Waals surface area contributed by atoms with Gasteiger partial charge in [-0.1, -0.05) is 0 Å². The first-order valence-electron chi connectivity index (χ1n) is 8.60. The molecule has 1 aliphatic heterocycles. The first kappa shape index (κ1) is 17.7. The van der Waals surface area contributed by atoms with E-state index in [-0.39, 0.29) is 12.5 Å². The van der Waals surface area contributed by atoms with Crippen LogP contribution in [0.2, 0.25) is 0 Å². The number of carbonyl (C=O) groups excluding carboxylic acids is 2. The van der Waals surface area contributed by atoms with Gasteiger partial charge in [0.2, 0.25) is 0 Å². The maximum atomic E-state index is 12.7. The third kappa shape index (κ3) is 3.35. The summed E-state index contributed by atoms with van der Waals surface area (Å²) < 4.78 is 7.45. The lowest BCUT2D eigenvalue weighted by Gasteiger charge is -2.15. The molecule has 0 radical (unpaired) electrons. The van der Waals surface area contributed by atoms with Crippen molar-refractivity contribution < 1.29 is 14.3 Å². The van der Waals surface area contributed by atoms with E-state index in [4.69, 9.17) is 4.74 Å². The highest BCUT2D eigenvalue weighted by Crippen LogP contribution is 2.33. The fourth-order valence-corrected chi connectivity index (χ4v) is 4.52. The number of nitrogens with zero attached hydrogens (tertiary/aromatic N) is 2. The molecule has 1 aliphatic rings. The second kappa shape index (κ2) is 7.04. The van der Waals surface area contributed by atoms with Crippen molar-refractivity contribution in [3.63, 3.8) is 0 Å². The molecule has 2 aromatic heterocycles. The van der Waals surface area contributed by atoms with Gasteiger partial charge >= 0.3 is 5.97 Å². The summed E-state index contributed by atoms with van der Waals surface area (Å²) in [7, 11) is 0. The Balaban J connectivity index is 1.84. The molecule has 0 N–H and O–H groups in total. The molecule has 0 unspecified atom stereocenters. The maximum absolute atomic E-state index is 12.7. The third-order valence-electron chi connectivity index (χ3n) is 4.83. The number of esters is 1. The minimum Gasteiger partial charge on any atom is -0.452 e. The van der Waals surface area contributed by atoms with Crippen molar-refractivity contribution in [2.75, 3.05) is 19.7 Å². The monoisotopic (exact) mass is 360 g/mol. The zero-order valence-electron chi connectivity index (χ0n) is 15.2. The molecule has 3 rings (SSSR count). The maximum Gasteiger partial charge on any atom is 0.341 e. The summed E-state index contributed by atoms with van der Waals surface area (Å²) in [5, 5.41) is 0.869. The van der Waals surface area contributed by atoms with Crippen molar-refractivity contribution in [2.45, 2.75) is 40.5 Å². The van der Waals surface area contributed by atoms with E-state index in [1.807, 2.05) is 39.8 Å². The molecule has 3 heterocycles. The van der Waals surface area contributed by atoms with Crippen molar-refractivity contribution in [1.29, 1.82) is 0 Å². The van der Waals surface area contributed by atoms with E-state index >= 15 is 0 Å². The van der Waals surface area contributed by atoms with E-state index < -0.39 is 5.97 Å². The Labute approximate surface area is 152 Å². The van der Waals surface area contributed by atoms with Gasteiger partial charge in [0.05, 0.1) is 5.56 Å². The lowest BCUT2D eigenvalue weighted by Crippen LogP contribution is -2.32. The first-order valence-corrected chi connectivity index (χ1v) is 9.42. The second-order valence-electron chi connectivity index (χ2n) is 6.58. The summed E-state index contributed by atoms with van der Waals surface area (Å²) in [6.45, 7) is 9.31. The van der Waals surface area contributed by atoms with Crippen LogP contribution in [0.1, 0.15) is 45.0 Å². The number of carbonyl (C=O) groups is 2. The van der Waals surface area contributed by atoms with Crippen LogP contribution < -0.4 is 0 Å². The van der Waals surface area contributed by atoms with Gasteiger partial charge in [0, 0.05) is 29.4 Å². The molecule has 0 aliphatic carbocycles. The van der Waals surface area contributed by atoms with Crippen LogP contribution in [0.25, 0.3) is 5.00 Å². The Morgan fingerprint density at radius 2 is 1.68 bits per heavy atom.